The van der Waals surface area contributed by atoms with E-state index in [0.29, 0.717) is 11.6 Å². The van der Waals surface area contributed by atoms with Crippen molar-refractivity contribution < 1.29 is 8.42 Å². The summed E-state index contributed by atoms with van der Waals surface area (Å²) in [5.41, 5.74) is 3.12. The summed E-state index contributed by atoms with van der Waals surface area (Å²) >= 11 is 0. The Kier molecular flexibility index (Phi) is 4.54. The maximum Gasteiger partial charge on any atom is 0.238 e. The molecule has 0 aliphatic carbocycles. The minimum Gasteiger partial charge on any atom is -0.332 e. The van der Waals surface area contributed by atoms with Gasteiger partial charge in [0.2, 0.25) is 16.0 Å². The first-order chi connectivity index (χ1) is 13.5. The van der Waals surface area contributed by atoms with Gasteiger partial charge in [-0.2, -0.15) is 0 Å². The maximum atomic E-state index is 11.5. The molecule has 0 radical (unpaired) electrons. The van der Waals surface area contributed by atoms with Gasteiger partial charge in [0.1, 0.15) is 5.65 Å². The number of sulfonamides is 1. The molecule has 0 unspecified atom stereocenters. The Morgan fingerprint density at radius 1 is 1.11 bits per heavy atom. The molecule has 0 aliphatic heterocycles. The van der Waals surface area contributed by atoms with Crippen LogP contribution < -0.4 is 10.5 Å². The predicted molar refractivity (Wildman–Crippen MR) is 108 cm³/mol. The van der Waals surface area contributed by atoms with Gasteiger partial charge >= 0.3 is 0 Å². The van der Waals surface area contributed by atoms with Crippen LogP contribution in [0.2, 0.25) is 0 Å². The fourth-order valence-electron chi connectivity index (χ4n) is 3.02. The molecule has 4 aromatic rings. The second kappa shape index (κ2) is 7.02. The van der Waals surface area contributed by atoms with Crippen LogP contribution in [0.1, 0.15) is 6.92 Å². The highest BCUT2D eigenvalue weighted by molar-refractivity contribution is 7.89. The second-order valence-corrected chi connectivity index (χ2v) is 7.73. The Morgan fingerprint density at radius 2 is 1.96 bits per heavy atom. The highest BCUT2D eigenvalue weighted by atomic mass is 32.2. The highest BCUT2D eigenvalue weighted by Gasteiger charge is 2.13. The van der Waals surface area contributed by atoms with Crippen molar-refractivity contribution in [1.29, 1.82) is 0 Å². The lowest BCUT2D eigenvalue weighted by Crippen LogP contribution is -2.12. The number of primary sulfonamides is 1. The fraction of sp³-hybridized carbons (Fsp3) is 0.105. The molecule has 0 saturated heterocycles. The molecule has 0 amide bonds. The summed E-state index contributed by atoms with van der Waals surface area (Å²) in [4.78, 5) is 13.3. The number of rotatable bonds is 5. The Balaban J connectivity index is 1.72. The maximum absolute atomic E-state index is 11.5. The Labute approximate surface area is 162 Å². The van der Waals surface area contributed by atoms with Crippen LogP contribution >= 0.6 is 0 Å². The first kappa shape index (κ1) is 18.1. The van der Waals surface area contributed by atoms with E-state index < -0.39 is 10.0 Å². The quantitative estimate of drug-likeness (QED) is 0.538. The third-order valence-electron chi connectivity index (χ3n) is 4.32. The van der Waals surface area contributed by atoms with Crippen LogP contribution in [0.4, 0.5) is 11.6 Å². The summed E-state index contributed by atoms with van der Waals surface area (Å²) in [6.07, 6.45) is 5.44. The average Bonchev–Trinajstić information content (AvgIpc) is 3.07. The van der Waals surface area contributed by atoms with E-state index in [0.717, 1.165) is 28.8 Å². The van der Waals surface area contributed by atoms with Gasteiger partial charge in [-0.3, -0.25) is 0 Å². The van der Waals surface area contributed by atoms with E-state index in [-0.39, 0.29) is 4.90 Å². The van der Waals surface area contributed by atoms with E-state index in [1.165, 1.54) is 12.1 Å². The van der Waals surface area contributed by atoms with Crippen molar-refractivity contribution in [2.45, 2.75) is 18.4 Å². The van der Waals surface area contributed by atoms with Gasteiger partial charge < -0.3 is 9.88 Å². The molecule has 0 saturated carbocycles. The van der Waals surface area contributed by atoms with Gasteiger partial charge in [0, 0.05) is 41.8 Å². The number of benzene rings is 1. The number of pyridine rings is 1. The molecule has 0 fully saturated rings. The molecule has 3 aromatic heterocycles. The molecule has 9 heteroatoms. The van der Waals surface area contributed by atoms with E-state index in [9.17, 15) is 8.42 Å². The molecule has 142 valence electrons. The number of aromatic nitrogens is 4. The predicted octanol–water partition coefficient (Wildman–Crippen LogP) is 2.90. The van der Waals surface area contributed by atoms with Crippen molar-refractivity contribution in [3.8, 4) is 11.3 Å². The summed E-state index contributed by atoms with van der Waals surface area (Å²) in [7, 11) is -3.78. The first-order valence-electron chi connectivity index (χ1n) is 8.63. The summed E-state index contributed by atoms with van der Waals surface area (Å²) < 4.78 is 25.1. The molecular formula is C19H18N6O2S. The lowest BCUT2D eigenvalue weighted by Gasteiger charge is -2.07. The Bertz CT molecular complexity index is 1270. The van der Waals surface area contributed by atoms with Crippen molar-refractivity contribution >= 4 is 32.7 Å². The molecule has 3 N–H and O–H groups in total. The molecule has 0 spiro atoms. The average molecular weight is 394 g/mol. The number of hydrogen-bond donors (Lipinski definition) is 2. The van der Waals surface area contributed by atoms with Crippen LogP contribution in [0.25, 0.3) is 22.3 Å². The summed E-state index contributed by atoms with van der Waals surface area (Å²) in [6, 6.07) is 11.9. The molecular weight excluding hydrogens is 376 g/mol. The van der Waals surface area contributed by atoms with E-state index >= 15 is 0 Å². The number of nitrogens with two attached hydrogens (primary N) is 1. The molecule has 8 nitrogen and oxygen atoms in total. The third kappa shape index (κ3) is 3.45. The minimum atomic E-state index is -3.78. The van der Waals surface area contributed by atoms with Crippen molar-refractivity contribution in [1.82, 2.24) is 19.5 Å². The first-order valence-corrected chi connectivity index (χ1v) is 10.2. The third-order valence-corrected chi connectivity index (χ3v) is 5.24. The van der Waals surface area contributed by atoms with Crippen molar-refractivity contribution in [2.75, 3.05) is 5.32 Å². The topological polar surface area (TPSA) is 116 Å². The Hall–Kier alpha value is -3.30. The molecule has 0 aliphatic rings. The molecule has 0 bridgehead atoms. The zero-order valence-electron chi connectivity index (χ0n) is 15.1. The number of anilines is 2. The number of aryl methyl sites for hydroxylation is 1. The largest absolute Gasteiger partial charge is 0.332 e. The van der Waals surface area contributed by atoms with Crippen LogP contribution in [-0.4, -0.2) is 27.9 Å². The van der Waals surface area contributed by atoms with Gasteiger partial charge in [-0.25, -0.2) is 28.5 Å². The van der Waals surface area contributed by atoms with Gasteiger partial charge in [-0.15, -0.1) is 0 Å². The lowest BCUT2D eigenvalue weighted by molar-refractivity contribution is 0.598. The summed E-state index contributed by atoms with van der Waals surface area (Å²) in [5, 5.41) is 9.23. The van der Waals surface area contributed by atoms with Crippen molar-refractivity contribution in [2.24, 2.45) is 5.14 Å². The fourth-order valence-corrected chi connectivity index (χ4v) is 3.58. The number of nitrogens with one attached hydrogen (secondary N) is 1. The molecule has 0 atom stereocenters. The van der Waals surface area contributed by atoms with E-state index in [2.05, 4.69) is 31.8 Å². The molecule has 28 heavy (non-hydrogen) atoms. The number of fused-ring (bicyclic) bond motifs is 1. The number of nitrogens with zero attached hydrogens (tertiary/aromatic N) is 4. The zero-order chi connectivity index (χ0) is 19.7. The smallest absolute Gasteiger partial charge is 0.238 e. The van der Waals surface area contributed by atoms with E-state index in [1.807, 2.05) is 24.4 Å². The van der Waals surface area contributed by atoms with Gasteiger partial charge in [0.15, 0.2) is 0 Å². The van der Waals surface area contributed by atoms with Crippen LogP contribution in [0.3, 0.4) is 0 Å². The van der Waals surface area contributed by atoms with Crippen molar-refractivity contribution in [3.05, 3.63) is 61.1 Å². The monoisotopic (exact) mass is 394 g/mol. The lowest BCUT2D eigenvalue weighted by atomic mass is 10.1. The van der Waals surface area contributed by atoms with Gasteiger partial charge in [0.25, 0.3) is 0 Å². The van der Waals surface area contributed by atoms with Gasteiger partial charge in [0.05, 0.1) is 10.6 Å². The molecule has 1 aromatic carbocycles. The van der Waals surface area contributed by atoms with Crippen LogP contribution in [0.5, 0.6) is 0 Å². The van der Waals surface area contributed by atoms with Crippen LogP contribution in [0.15, 0.2) is 66.0 Å². The number of hydrogen-bond acceptors (Lipinski definition) is 6. The SMILES string of the molecule is CCn1cc(-c2ccnc(Nc3cccc(S(N)(=O)=O)c3)n2)c2cccnc21. The van der Waals surface area contributed by atoms with Crippen molar-refractivity contribution in [3.63, 3.8) is 0 Å². The van der Waals surface area contributed by atoms with Gasteiger partial charge in [-0.1, -0.05) is 6.07 Å². The van der Waals surface area contributed by atoms with E-state index in [4.69, 9.17) is 5.14 Å². The van der Waals surface area contributed by atoms with E-state index in [1.54, 1.807) is 24.5 Å². The standard InChI is InChI=1S/C19H18N6O2S/c1-2-25-12-16(15-7-4-9-21-18(15)25)17-8-10-22-19(24-17)23-13-5-3-6-14(11-13)28(20,26)27/h3-12H,2H2,1H3,(H2,20,26,27)(H,22,23,24). The van der Waals surface area contributed by atoms with Crippen LogP contribution in [-0.2, 0) is 16.6 Å². The second-order valence-electron chi connectivity index (χ2n) is 6.17. The zero-order valence-corrected chi connectivity index (χ0v) is 15.9. The normalized spacial score (nSPS) is 11.6. The molecule has 4 rings (SSSR count). The van der Waals surface area contributed by atoms with Crippen LogP contribution in [0, 0.1) is 0 Å². The summed E-state index contributed by atoms with van der Waals surface area (Å²) in [5.74, 6) is 0.352. The minimum absolute atomic E-state index is 0.0192. The van der Waals surface area contributed by atoms with Gasteiger partial charge in [-0.05, 0) is 43.3 Å². The summed E-state index contributed by atoms with van der Waals surface area (Å²) in [6.45, 7) is 2.85. The highest BCUT2D eigenvalue weighted by Crippen LogP contribution is 2.29. The molecule has 3 heterocycles. The Morgan fingerprint density at radius 3 is 2.75 bits per heavy atom.